The lowest BCUT2D eigenvalue weighted by atomic mass is 9.95. The Bertz CT molecular complexity index is 2200. The number of carbonyl (C=O) groups excluding carboxylic acids is 2. The molecule has 5 rings (SSSR count). The van der Waals surface area contributed by atoms with E-state index in [9.17, 15) is 19.6 Å². The molecule has 0 amide bonds. The van der Waals surface area contributed by atoms with Gasteiger partial charge < -0.3 is 28.4 Å². The Kier molecular flexibility index (Phi) is 11.9. The SMILES string of the molecule is CCOC(=O)C1=C(C)N=c2s/c(=C\c3ccc(OCc4ccccc4C#N)c(OCC)c3)c(=O)n2[C@H]1c1ccc(OCC(=O)OC)c(OCC)c1. The fourth-order valence-electron chi connectivity index (χ4n) is 5.45. The minimum atomic E-state index is -0.901. The summed E-state index contributed by atoms with van der Waals surface area (Å²) in [4.78, 5) is 44.4. The van der Waals surface area contributed by atoms with Gasteiger partial charge >= 0.3 is 11.9 Å². The zero-order valence-electron chi connectivity index (χ0n) is 28.9. The zero-order valence-corrected chi connectivity index (χ0v) is 29.7. The molecule has 0 fully saturated rings. The molecule has 4 aromatic rings. The molecule has 0 aliphatic carbocycles. The van der Waals surface area contributed by atoms with E-state index in [1.165, 1.54) is 23.0 Å². The second-order valence-corrected chi connectivity index (χ2v) is 12.0. The maximum atomic E-state index is 14.2. The van der Waals surface area contributed by atoms with Gasteiger partial charge in [0.2, 0.25) is 0 Å². The highest BCUT2D eigenvalue weighted by molar-refractivity contribution is 7.07. The number of hydrogen-bond donors (Lipinski definition) is 0. The molecule has 1 aliphatic rings. The third-order valence-corrected chi connectivity index (χ3v) is 8.74. The van der Waals surface area contributed by atoms with Crippen molar-refractivity contribution in [3.05, 3.63) is 114 Å². The van der Waals surface area contributed by atoms with Crippen molar-refractivity contribution in [2.24, 2.45) is 4.99 Å². The van der Waals surface area contributed by atoms with Gasteiger partial charge in [-0.25, -0.2) is 14.6 Å². The topological polar surface area (TPSA) is 148 Å². The Hall–Kier alpha value is -5.87. The minimum Gasteiger partial charge on any atom is -0.490 e. The molecule has 0 saturated carbocycles. The summed E-state index contributed by atoms with van der Waals surface area (Å²) in [6.07, 6.45) is 1.73. The number of benzene rings is 3. The highest BCUT2D eigenvalue weighted by atomic mass is 32.1. The number of rotatable bonds is 14. The molecule has 1 aromatic heterocycles. The van der Waals surface area contributed by atoms with E-state index in [1.807, 2.05) is 19.1 Å². The number of esters is 2. The van der Waals surface area contributed by atoms with Gasteiger partial charge in [0.15, 0.2) is 34.4 Å². The summed E-state index contributed by atoms with van der Waals surface area (Å²) in [5.41, 5.74) is 2.75. The van der Waals surface area contributed by atoms with Crippen LogP contribution in [0.1, 0.15) is 56.0 Å². The van der Waals surface area contributed by atoms with E-state index < -0.39 is 18.0 Å². The van der Waals surface area contributed by atoms with Crippen LogP contribution in [0.5, 0.6) is 23.0 Å². The van der Waals surface area contributed by atoms with Gasteiger partial charge in [0, 0.05) is 5.56 Å². The van der Waals surface area contributed by atoms with Crippen molar-refractivity contribution < 1.29 is 38.0 Å². The largest absolute Gasteiger partial charge is 0.490 e. The van der Waals surface area contributed by atoms with Crippen molar-refractivity contribution in [1.82, 2.24) is 4.57 Å². The first kappa shape index (κ1) is 36.4. The number of aromatic nitrogens is 1. The van der Waals surface area contributed by atoms with Crippen LogP contribution < -0.4 is 33.8 Å². The molecule has 2 heterocycles. The molecule has 264 valence electrons. The number of ether oxygens (including phenoxy) is 6. The molecule has 0 radical (unpaired) electrons. The normalized spacial score (nSPS) is 13.8. The van der Waals surface area contributed by atoms with E-state index in [1.54, 1.807) is 75.4 Å². The van der Waals surface area contributed by atoms with E-state index in [2.05, 4.69) is 15.8 Å². The monoisotopic (exact) mass is 711 g/mol. The highest BCUT2D eigenvalue weighted by Crippen LogP contribution is 2.36. The average Bonchev–Trinajstić information content (AvgIpc) is 3.43. The molecular formula is C38H37N3O9S. The summed E-state index contributed by atoms with van der Waals surface area (Å²) < 4.78 is 35.4. The van der Waals surface area contributed by atoms with Gasteiger partial charge in [0.1, 0.15) is 6.61 Å². The predicted molar refractivity (Wildman–Crippen MR) is 189 cm³/mol. The third-order valence-electron chi connectivity index (χ3n) is 7.76. The number of nitriles is 1. The summed E-state index contributed by atoms with van der Waals surface area (Å²) in [6.45, 7) is 7.72. The zero-order chi connectivity index (χ0) is 36.5. The number of fused-ring (bicyclic) bond motifs is 1. The molecule has 0 spiro atoms. The van der Waals surface area contributed by atoms with E-state index >= 15 is 0 Å². The number of carbonyl (C=O) groups is 2. The van der Waals surface area contributed by atoms with E-state index in [4.69, 9.17) is 23.7 Å². The molecule has 0 N–H and O–H groups in total. The predicted octanol–water partition coefficient (Wildman–Crippen LogP) is 4.60. The number of hydrogen-bond acceptors (Lipinski definition) is 12. The molecular weight excluding hydrogens is 674 g/mol. The Balaban J connectivity index is 1.57. The molecule has 0 unspecified atom stereocenters. The van der Waals surface area contributed by atoms with Crippen LogP contribution in [0.2, 0.25) is 0 Å². The summed E-state index contributed by atoms with van der Waals surface area (Å²) in [7, 11) is 1.26. The summed E-state index contributed by atoms with van der Waals surface area (Å²) in [5, 5.41) is 9.45. The summed E-state index contributed by atoms with van der Waals surface area (Å²) in [6, 6.07) is 18.8. The van der Waals surface area contributed by atoms with E-state index in [0.29, 0.717) is 67.9 Å². The lowest BCUT2D eigenvalue weighted by Crippen LogP contribution is -2.40. The van der Waals surface area contributed by atoms with E-state index in [-0.39, 0.29) is 31.0 Å². The Labute approximate surface area is 298 Å². The van der Waals surface area contributed by atoms with Gasteiger partial charge in [0.25, 0.3) is 5.56 Å². The quantitative estimate of drug-likeness (QED) is 0.170. The van der Waals surface area contributed by atoms with Crippen molar-refractivity contribution in [2.45, 2.75) is 40.3 Å². The first-order chi connectivity index (χ1) is 24.7. The lowest BCUT2D eigenvalue weighted by molar-refractivity contribution is -0.143. The second-order valence-electron chi connectivity index (χ2n) is 11.0. The fourth-order valence-corrected chi connectivity index (χ4v) is 6.50. The summed E-state index contributed by atoms with van der Waals surface area (Å²) >= 11 is 1.18. The van der Waals surface area contributed by atoms with Crippen LogP contribution >= 0.6 is 11.3 Å². The molecule has 1 aliphatic heterocycles. The van der Waals surface area contributed by atoms with Gasteiger partial charge in [0.05, 0.1) is 60.4 Å². The highest BCUT2D eigenvalue weighted by Gasteiger charge is 2.34. The van der Waals surface area contributed by atoms with Crippen molar-refractivity contribution in [3.63, 3.8) is 0 Å². The maximum absolute atomic E-state index is 14.2. The number of thiazole rings is 1. The Morgan fingerprint density at radius 1 is 0.922 bits per heavy atom. The molecule has 0 saturated heterocycles. The molecule has 12 nitrogen and oxygen atoms in total. The third kappa shape index (κ3) is 8.13. The second kappa shape index (κ2) is 16.7. The van der Waals surface area contributed by atoms with Crippen molar-refractivity contribution >= 4 is 29.4 Å². The number of methoxy groups -OCH3 is 1. The van der Waals surface area contributed by atoms with Crippen LogP contribution in [-0.2, 0) is 25.7 Å². The average molecular weight is 712 g/mol. The van der Waals surface area contributed by atoms with Gasteiger partial charge in [-0.1, -0.05) is 41.7 Å². The molecule has 0 bridgehead atoms. The smallest absolute Gasteiger partial charge is 0.343 e. The summed E-state index contributed by atoms with van der Waals surface area (Å²) in [5.74, 6) is 0.418. The number of allylic oxidation sites excluding steroid dienone is 1. The van der Waals surface area contributed by atoms with Gasteiger partial charge in [-0.3, -0.25) is 9.36 Å². The van der Waals surface area contributed by atoms with Gasteiger partial charge in [-0.05, 0) is 75.2 Å². The van der Waals surface area contributed by atoms with Gasteiger partial charge in [-0.15, -0.1) is 0 Å². The Morgan fingerprint density at radius 2 is 1.63 bits per heavy atom. The Morgan fingerprint density at radius 3 is 2.33 bits per heavy atom. The first-order valence-corrected chi connectivity index (χ1v) is 17.1. The van der Waals surface area contributed by atoms with Crippen LogP contribution in [-0.4, -0.2) is 50.0 Å². The van der Waals surface area contributed by atoms with Crippen molar-refractivity contribution in [3.8, 4) is 29.1 Å². The van der Waals surface area contributed by atoms with E-state index in [0.717, 1.165) is 5.56 Å². The standard InChI is InChI=1S/C38H37N3O9S/c1-6-46-30-17-24(13-15-28(30)49-21-27-12-10-9-11-26(27)20-39)18-32-36(43)41-35(34(37(44)48-8-3)23(4)40-38(41)51-32)25-14-16-29(31(19-25)47-7-2)50-22-33(42)45-5/h9-19,35H,6-8,21-22H2,1-5H3/b32-18-/t35-/m0/s1. The maximum Gasteiger partial charge on any atom is 0.343 e. The van der Waals surface area contributed by atoms with Crippen molar-refractivity contribution in [2.75, 3.05) is 33.5 Å². The molecule has 1 atom stereocenters. The fraction of sp³-hybridized carbons (Fsp3) is 0.289. The molecule has 51 heavy (non-hydrogen) atoms. The lowest BCUT2D eigenvalue weighted by Gasteiger charge is -2.25. The van der Waals surface area contributed by atoms with Crippen LogP contribution in [0.15, 0.2) is 81.7 Å². The van der Waals surface area contributed by atoms with Crippen LogP contribution in [0.25, 0.3) is 6.08 Å². The van der Waals surface area contributed by atoms with Crippen LogP contribution in [0.4, 0.5) is 0 Å². The van der Waals surface area contributed by atoms with Crippen LogP contribution in [0, 0.1) is 11.3 Å². The first-order valence-electron chi connectivity index (χ1n) is 16.3. The minimum absolute atomic E-state index is 0.129. The van der Waals surface area contributed by atoms with Crippen LogP contribution in [0.3, 0.4) is 0 Å². The number of nitrogens with zero attached hydrogens (tertiary/aromatic N) is 3. The molecule has 3 aromatic carbocycles. The molecule has 13 heteroatoms. The van der Waals surface area contributed by atoms with Crippen molar-refractivity contribution in [1.29, 1.82) is 5.26 Å². The van der Waals surface area contributed by atoms with Gasteiger partial charge in [-0.2, -0.15) is 5.26 Å².